The summed E-state index contributed by atoms with van der Waals surface area (Å²) >= 11 is 1.71. The van der Waals surface area contributed by atoms with E-state index in [1.54, 1.807) is 11.8 Å². The van der Waals surface area contributed by atoms with Gasteiger partial charge in [-0.2, -0.15) is 0 Å². The van der Waals surface area contributed by atoms with Crippen molar-refractivity contribution in [1.29, 1.82) is 0 Å². The second-order valence-corrected chi connectivity index (χ2v) is 8.67. The Morgan fingerprint density at radius 2 is 1.84 bits per heavy atom. The Kier molecular flexibility index (Phi) is 6.82. The van der Waals surface area contributed by atoms with Crippen LogP contribution in [0.15, 0.2) is 88.8 Å². The molecule has 4 rings (SSSR count). The molecule has 2 unspecified atom stereocenters. The van der Waals surface area contributed by atoms with Crippen molar-refractivity contribution >= 4 is 17.5 Å². The summed E-state index contributed by atoms with van der Waals surface area (Å²) in [6, 6.07) is 24.4. The average Bonchev–Trinajstić information content (AvgIpc) is 3.28. The van der Waals surface area contributed by atoms with Crippen molar-refractivity contribution in [2.45, 2.75) is 35.5 Å². The molecule has 31 heavy (non-hydrogen) atoms. The summed E-state index contributed by atoms with van der Waals surface area (Å²) < 4.78 is 5.96. The van der Waals surface area contributed by atoms with Gasteiger partial charge >= 0.3 is 0 Å². The Bertz CT molecular complexity index is 1060. The first-order valence-corrected chi connectivity index (χ1v) is 11.1. The van der Waals surface area contributed by atoms with Gasteiger partial charge in [0.25, 0.3) is 0 Å². The van der Waals surface area contributed by atoms with Crippen LogP contribution in [-0.2, 0) is 6.61 Å². The minimum atomic E-state index is -0.361. The van der Waals surface area contributed by atoms with E-state index in [4.69, 9.17) is 10.5 Å². The molecule has 160 valence electrons. The van der Waals surface area contributed by atoms with Gasteiger partial charge in [-0.25, -0.2) is 0 Å². The zero-order valence-corrected chi connectivity index (χ0v) is 18.2. The molecule has 0 bridgehead atoms. The number of aliphatic hydroxyl groups excluding tert-OH is 1. The standard InChI is InChI=1S/C25H27N3O2S/c1-17-12-21(10-11-22(17)24-14-27-25(28-24)23(26)15-29)31-20-9-5-8-19(13-20)30-16-18-6-3-2-4-7-18/h2-14,23,25,27-29H,15-16,26H2,1H3. The van der Waals surface area contributed by atoms with Crippen LogP contribution >= 0.6 is 11.8 Å². The lowest BCUT2D eigenvalue weighted by atomic mass is 10.1. The number of benzene rings is 3. The number of hydrogen-bond donors (Lipinski definition) is 4. The third kappa shape index (κ3) is 5.41. The number of ether oxygens (including phenoxy) is 1. The first-order chi connectivity index (χ1) is 15.1. The van der Waals surface area contributed by atoms with E-state index in [1.165, 1.54) is 5.56 Å². The molecule has 0 saturated heterocycles. The summed E-state index contributed by atoms with van der Waals surface area (Å²) in [5.74, 6) is 0.861. The van der Waals surface area contributed by atoms with E-state index in [0.717, 1.165) is 32.4 Å². The molecule has 0 radical (unpaired) electrons. The molecular weight excluding hydrogens is 406 g/mol. The fraction of sp³-hybridized carbons (Fsp3) is 0.200. The second kappa shape index (κ2) is 9.92. The molecule has 1 aliphatic heterocycles. The summed E-state index contributed by atoms with van der Waals surface area (Å²) in [5.41, 5.74) is 10.3. The molecule has 0 amide bonds. The number of aryl methyl sites for hydroxylation is 1. The van der Waals surface area contributed by atoms with Gasteiger partial charge < -0.3 is 26.2 Å². The number of nitrogens with one attached hydrogen (secondary N) is 2. The molecule has 0 aliphatic carbocycles. The maximum atomic E-state index is 9.25. The zero-order chi connectivity index (χ0) is 21.6. The molecule has 3 aromatic carbocycles. The SMILES string of the molecule is Cc1cc(Sc2cccc(OCc3ccccc3)c2)ccc1C1=CNC(C(N)CO)N1. The normalized spacial score (nSPS) is 16.2. The highest BCUT2D eigenvalue weighted by atomic mass is 32.2. The van der Waals surface area contributed by atoms with Gasteiger partial charge in [0.05, 0.1) is 18.3 Å². The van der Waals surface area contributed by atoms with E-state index in [1.807, 2.05) is 36.5 Å². The van der Waals surface area contributed by atoms with Gasteiger partial charge in [0.1, 0.15) is 18.5 Å². The van der Waals surface area contributed by atoms with Gasteiger partial charge in [-0.1, -0.05) is 54.2 Å². The van der Waals surface area contributed by atoms with Crippen molar-refractivity contribution in [3.63, 3.8) is 0 Å². The van der Waals surface area contributed by atoms with Crippen LogP contribution in [0.5, 0.6) is 5.75 Å². The fourth-order valence-electron chi connectivity index (χ4n) is 3.42. The van der Waals surface area contributed by atoms with Crippen LogP contribution in [0.4, 0.5) is 0 Å². The van der Waals surface area contributed by atoms with Crippen LogP contribution in [-0.4, -0.2) is 23.9 Å². The predicted octanol–water partition coefficient (Wildman–Crippen LogP) is 3.86. The van der Waals surface area contributed by atoms with Gasteiger partial charge in [0.2, 0.25) is 0 Å². The van der Waals surface area contributed by atoms with Crippen LogP contribution in [0.3, 0.4) is 0 Å². The van der Waals surface area contributed by atoms with Crippen molar-refractivity contribution in [3.05, 3.63) is 95.7 Å². The molecule has 6 heteroatoms. The monoisotopic (exact) mass is 433 g/mol. The minimum Gasteiger partial charge on any atom is -0.489 e. The van der Waals surface area contributed by atoms with Gasteiger partial charge in [0.15, 0.2) is 0 Å². The lowest BCUT2D eigenvalue weighted by Crippen LogP contribution is -2.50. The quantitative estimate of drug-likeness (QED) is 0.432. The largest absolute Gasteiger partial charge is 0.489 e. The summed E-state index contributed by atoms with van der Waals surface area (Å²) in [6.45, 7) is 2.58. The number of rotatable bonds is 8. The third-order valence-electron chi connectivity index (χ3n) is 5.13. The molecule has 5 N–H and O–H groups in total. The highest BCUT2D eigenvalue weighted by Gasteiger charge is 2.22. The van der Waals surface area contributed by atoms with E-state index in [2.05, 4.69) is 60.0 Å². The molecule has 3 aromatic rings. The van der Waals surface area contributed by atoms with Crippen LogP contribution in [0.25, 0.3) is 5.70 Å². The molecule has 1 aliphatic rings. The molecule has 5 nitrogen and oxygen atoms in total. The van der Waals surface area contributed by atoms with Crippen LogP contribution in [0.1, 0.15) is 16.7 Å². The number of nitrogens with two attached hydrogens (primary N) is 1. The van der Waals surface area contributed by atoms with Crippen molar-refractivity contribution in [2.75, 3.05) is 6.61 Å². The molecule has 0 spiro atoms. The second-order valence-electron chi connectivity index (χ2n) is 7.52. The molecule has 1 heterocycles. The van der Waals surface area contributed by atoms with Crippen LogP contribution in [0.2, 0.25) is 0 Å². The van der Waals surface area contributed by atoms with E-state index < -0.39 is 0 Å². The maximum absolute atomic E-state index is 9.25. The van der Waals surface area contributed by atoms with Crippen LogP contribution < -0.4 is 21.1 Å². The first-order valence-electron chi connectivity index (χ1n) is 10.3. The summed E-state index contributed by atoms with van der Waals surface area (Å²) in [4.78, 5) is 2.29. The van der Waals surface area contributed by atoms with E-state index in [9.17, 15) is 5.11 Å². The first kappa shape index (κ1) is 21.3. The zero-order valence-electron chi connectivity index (χ0n) is 17.4. The third-order valence-corrected chi connectivity index (χ3v) is 6.11. The van der Waals surface area contributed by atoms with Gasteiger partial charge in [-0.05, 0) is 48.4 Å². The maximum Gasteiger partial charge on any atom is 0.120 e. The number of aliphatic hydroxyl groups is 1. The summed E-state index contributed by atoms with van der Waals surface area (Å²) in [5, 5.41) is 15.8. The Hall–Kier alpha value is -2.93. The summed E-state index contributed by atoms with van der Waals surface area (Å²) in [6.07, 6.45) is 1.76. The molecule has 0 aromatic heterocycles. The highest BCUT2D eigenvalue weighted by molar-refractivity contribution is 7.99. The molecule has 2 atom stereocenters. The van der Waals surface area contributed by atoms with E-state index >= 15 is 0 Å². The Morgan fingerprint density at radius 3 is 2.61 bits per heavy atom. The lowest BCUT2D eigenvalue weighted by molar-refractivity contribution is 0.239. The highest BCUT2D eigenvalue weighted by Crippen LogP contribution is 2.32. The predicted molar refractivity (Wildman–Crippen MR) is 126 cm³/mol. The average molecular weight is 434 g/mol. The van der Waals surface area contributed by atoms with Crippen molar-refractivity contribution in [2.24, 2.45) is 5.73 Å². The lowest BCUT2D eigenvalue weighted by Gasteiger charge is -2.20. The van der Waals surface area contributed by atoms with Crippen molar-refractivity contribution in [3.8, 4) is 5.75 Å². The minimum absolute atomic E-state index is 0.0749. The molecular formula is C25H27N3O2S. The van der Waals surface area contributed by atoms with Crippen molar-refractivity contribution in [1.82, 2.24) is 10.6 Å². The Labute approximate surface area is 187 Å². The molecule has 0 fully saturated rings. The fourth-order valence-corrected chi connectivity index (χ4v) is 4.39. The molecule has 0 saturated carbocycles. The topological polar surface area (TPSA) is 79.5 Å². The van der Waals surface area contributed by atoms with E-state index in [0.29, 0.717) is 6.61 Å². The van der Waals surface area contributed by atoms with Gasteiger partial charge in [0, 0.05) is 21.6 Å². The smallest absolute Gasteiger partial charge is 0.120 e. The number of hydrogen-bond acceptors (Lipinski definition) is 6. The van der Waals surface area contributed by atoms with Gasteiger partial charge in [-0.15, -0.1) is 0 Å². The van der Waals surface area contributed by atoms with Crippen molar-refractivity contribution < 1.29 is 9.84 Å². The van der Waals surface area contributed by atoms with Crippen LogP contribution in [0, 0.1) is 6.92 Å². The van der Waals surface area contributed by atoms with E-state index in [-0.39, 0.29) is 18.8 Å². The Balaban J connectivity index is 1.40. The van der Waals surface area contributed by atoms with Gasteiger partial charge in [-0.3, -0.25) is 0 Å². The summed E-state index contributed by atoms with van der Waals surface area (Å²) in [7, 11) is 0. The Morgan fingerprint density at radius 1 is 1.03 bits per heavy atom.